The number of carbonyl (C=O) groups excluding carboxylic acids is 2. The van der Waals surface area contributed by atoms with Crippen molar-refractivity contribution in [3.05, 3.63) is 59.7 Å². The fourth-order valence-electron chi connectivity index (χ4n) is 5.03. The van der Waals surface area contributed by atoms with Crippen LogP contribution in [0, 0.1) is 11.3 Å². The third-order valence-electron chi connectivity index (χ3n) is 7.50. The molecule has 4 rings (SSSR count). The number of nitrogens with zero attached hydrogens (tertiary/aromatic N) is 1. The van der Waals surface area contributed by atoms with Gasteiger partial charge in [0, 0.05) is 32.7 Å². The van der Waals surface area contributed by atoms with Crippen molar-refractivity contribution in [1.29, 1.82) is 0 Å². The predicted octanol–water partition coefficient (Wildman–Crippen LogP) is 3.50. The van der Waals surface area contributed by atoms with Crippen LogP contribution in [0.2, 0.25) is 0 Å². The van der Waals surface area contributed by atoms with Crippen molar-refractivity contribution in [1.82, 2.24) is 10.2 Å². The number of aliphatic carboxylic acids is 1. The Balaban J connectivity index is 1.28. The first-order chi connectivity index (χ1) is 16.7. The number of methoxy groups -OCH3 is 1. The summed E-state index contributed by atoms with van der Waals surface area (Å²) in [5.74, 6) is -1.28. The fraction of sp³-hybridized carbons (Fsp3) is 0.444. The largest absolute Gasteiger partial charge is 0.481 e. The molecular formula is C27H32N2O6. The molecule has 2 amide bonds. The number of nitrogens with one attached hydrogen (secondary N) is 1. The molecule has 0 aromatic heterocycles. The second-order valence-corrected chi connectivity index (χ2v) is 9.67. The minimum atomic E-state index is -0.961. The summed E-state index contributed by atoms with van der Waals surface area (Å²) in [6, 6.07) is 16.2. The maximum absolute atomic E-state index is 12.8. The van der Waals surface area contributed by atoms with Crippen LogP contribution in [0.15, 0.2) is 48.5 Å². The van der Waals surface area contributed by atoms with E-state index in [2.05, 4.69) is 29.6 Å². The van der Waals surface area contributed by atoms with Crippen LogP contribution < -0.4 is 5.32 Å². The van der Waals surface area contributed by atoms with E-state index in [-0.39, 0.29) is 43.9 Å². The van der Waals surface area contributed by atoms with Gasteiger partial charge in [-0.1, -0.05) is 55.5 Å². The highest BCUT2D eigenvalue weighted by molar-refractivity contribution is 5.81. The van der Waals surface area contributed by atoms with E-state index in [4.69, 9.17) is 9.47 Å². The van der Waals surface area contributed by atoms with Crippen LogP contribution in [0.1, 0.15) is 37.3 Å². The zero-order chi connectivity index (χ0) is 25.2. The lowest BCUT2D eigenvalue weighted by molar-refractivity contribution is -0.149. The molecule has 3 atom stereocenters. The minimum absolute atomic E-state index is 0.0337. The molecule has 0 spiro atoms. The van der Waals surface area contributed by atoms with E-state index in [0.29, 0.717) is 6.54 Å². The quantitative estimate of drug-likeness (QED) is 0.599. The molecule has 0 saturated carbocycles. The van der Waals surface area contributed by atoms with Crippen LogP contribution >= 0.6 is 0 Å². The molecule has 1 unspecified atom stereocenters. The van der Waals surface area contributed by atoms with Crippen LogP contribution in [0.25, 0.3) is 11.1 Å². The standard InChI is InChI=1S/C27H32N2O6/c1-17-14-29(16-27(17,2)25(31)32)24(30)12-18(34-3)13-28-26(33)35-15-23-21-10-6-4-8-19(21)20-9-5-7-11-22(20)23/h4-11,17-18,23H,12-16H2,1-3H3,(H,28,33)(H,31,32)/t17-,18?,27-/m0/s1. The lowest BCUT2D eigenvalue weighted by Gasteiger charge is -2.23. The number of hydrogen-bond donors (Lipinski definition) is 2. The zero-order valence-corrected chi connectivity index (χ0v) is 20.3. The summed E-state index contributed by atoms with van der Waals surface area (Å²) in [6.45, 7) is 4.37. The molecule has 8 nitrogen and oxygen atoms in total. The molecule has 1 aliphatic heterocycles. The highest BCUT2D eigenvalue weighted by atomic mass is 16.5. The van der Waals surface area contributed by atoms with E-state index >= 15 is 0 Å². The summed E-state index contributed by atoms with van der Waals surface area (Å²) in [5.41, 5.74) is 3.62. The summed E-state index contributed by atoms with van der Waals surface area (Å²) >= 11 is 0. The van der Waals surface area contributed by atoms with Crippen molar-refractivity contribution in [2.45, 2.75) is 32.3 Å². The normalized spacial score (nSPS) is 21.8. The summed E-state index contributed by atoms with van der Waals surface area (Å²) in [4.78, 5) is 38.4. The number of amides is 2. The summed E-state index contributed by atoms with van der Waals surface area (Å²) in [5, 5.41) is 12.2. The van der Waals surface area contributed by atoms with Gasteiger partial charge in [-0.15, -0.1) is 0 Å². The number of carboxylic acids is 1. The smallest absolute Gasteiger partial charge is 0.407 e. The average molecular weight is 481 g/mol. The molecule has 1 fully saturated rings. The zero-order valence-electron chi connectivity index (χ0n) is 20.3. The van der Waals surface area contributed by atoms with E-state index in [9.17, 15) is 19.5 Å². The number of alkyl carbamates (subject to hydrolysis) is 1. The van der Waals surface area contributed by atoms with Gasteiger partial charge in [0.2, 0.25) is 5.91 Å². The van der Waals surface area contributed by atoms with Crippen LogP contribution in [0.3, 0.4) is 0 Å². The SMILES string of the molecule is COC(CNC(=O)OCC1c2ccccc2-c2ccccc21)CC(=O)N1C[C@H](C)[C@@](C)(C(=O)O)C1. The van der Waals surface area contributed by atoms with E-state index < -0.39 is 23.6 Å². The number of fused-ring (bicyclic) bond motifs is 3. The van der Waals surface area contributed by atoms with Crippen LogP contribution in [-0.2, 0) is 19.1 Å². The molecule has 2 aliphatic rings. The molecule has 1 aliphatic carbocycles. The lowest BCUT2D eigenvalue weighted by atomic mass is 9.81. The first kappa shape index (κ1) is 24.7. The van der Waals surface area contributed by atoms with Gasteiger partial charge < -0.3 is 24.8 Å². The van der Waals surface area contributed by atoms with Gasteiger partial charge >= 0.3 is 12.1 Å². The minimum Gasteiger partial charge on any atom is -0.481 e. The molecule has 2 aromatic carbocycles. The monoisotopic (exact) mass is 480 g/mol. The van der Waals surface area contributed by atoms with Crippen molar-refractivity contribution in [2.75, 3.05) is 33.4 Å². The first-order valence-corrected chi connectivity index (χ1v) is 11.9. The van der Waals surface area contributed by atoms with Crippen molar-refractivity contribution < 1.29 is 29.0 Å². The van der Waals surface area contributed by atoms with E-state index in [0.717, 1.165) is 22.3 Å². The van der Waals surface area contributed by atoms with Gasteiger partial charge in [-0.3, -0.25) is 9.59 Å². The molecule has 186 valence electrons. The van der Waals surface area contributed by atoms with Gasteiger partial charge in [-0.2, -0.15) is 0 Å². The average Bonchev–Trinajstić information content (AvgIpc) is 3.35. The molecule has 0 bridgehead atoms. The lowest BCUT2D eigenvalue weighted by Crippen LogP contribution is -2.40. The van der Waals surface area contributed by atoms with Gasteiger partial charge in [0.15, 0.2) is 0 Å². The van der Waals surface area contributed by atoms with Crippen molar-refractivity contribution in [2.24, 2.45) is 11.3 Å². The number of ether oxygens (including phenoxy) is 2. The third-order valence-corrected chi connectivity index (χ3v) is 7.50. The second kappa shape index (κ2) is 10.1. The van der Waals surface area contributed by atoms with Crippen molar-refractivity contribution in [3.8, 4) is 11.1 Å². The van der Waals surface area contributed by atoms with Gasteiger partial charge in [0.25, 0.3) is 0 Å². The molecule has 0 radical (unpaired) electrons. The Kier molecular flexibility index (Phi) is 7.12. The van der Waals surface area contributed by atoms with Crippen molar-refractivity contribution >= 4 is 18.0 Å². The van der Waals surface area contributed by atoms with E-state index in [1.54, 1.807) is 11.8 Å². The van der Waals surface area contributed by atoms with Crippen molar-refractivity contribution in [3.63, 3.8) is 0 Å². The Bertz CT molecular complexity index is 1070. The van der Waals surface area contributed by atoms with Crippen LogP contribution in [0.5, 0.6) is 0 Å². The Morgan fingerprint density at radius 2 is 1.71 bits per heavy atom. The summed E-state index contributed by atoms with van der Waals surface area (Å²) in [7, 11) is 1.48. The number of carbonyl (C=O) groups is 3. The van der Waals surface area contributed by atoms with Gasteiger partial charge in [-0.05, 0) is 35.1 Å². The highest BCUT2D eigenvalue weighted by Crippen LogP contribution is 2.44. The predicted molar refractivity (Wildman–Crippen MR) is 130 cm³/mol. The van der Waals surface area contributed by atoms with Gasteiger partial charge in [-0.25, -0.2) is 4.79 Å². The van der Waals surface area contributed by atoms with Crippen LogP contribution in [-0.4, -0.2) is 67.4 Å². The maximum atomic E-state index is 12.8. The van der Waals surface area contributed by atoms with Crippen LogP contribution in [0.4, 0.5) is 4.79 Å². The van der Waals surface area contributed by atoms with E-state index in [1.807, 2.05) is 31.2 Å². The molecule has 35 heavy (non-hydrogen) atoms. The number of carboxylic acid groups (broad SMARTS) is 1. The molecule has 8 heteroatoms. The molecule has 2 N–H and O–H groups in total. The topological polar surface area (TPSA) is 105 Å². The number of hydrogen-bond acceptors (Lipinski definition) is 5. The Labute approximate surface area is 205 Å². The van der Waals surface area contributed by atoms with Gasteiger partial charge in [0.05, 0.1) is 17.9 Å². The highest BCUT2D eigenvalue weighted by Gasteiger charge is 2.47. The summed E-state index contributed by atoms with van der Waals surface area (Å²) in [6.07, 6.45) is -1.08. The third kappa shape index (κ3) is 4.89. The number of rotatable bonds is 8. The second-order valence-electron chi connectivity index (χ2n) is 9.67. The maximum Gasteiger partial charge on any atom is 0.407 e. The fourth-order valence-corrected chi connectivity index (χ4v) is 5.03. The molecular weight excluding hydrogens is 448 g/mol. The Hall–Kier alpha value is -3.39. The first-order valence-electron chi connectivity index (χ1n) is 11.9. The molecule has 1 saturated heterocycles. The molecule has 2 aromatic rings. The summed E-state index contributed by atoms with van der Waals surface area (Å²) < 4.78 is 10.9. The number of benzene rings is 2. The molecule has 1 heterocycles. The van der Waals surface area contributed by atoms with Gasteiger partial charge in [0.1, 0.15) is 6.61 Å². The Morgan fingerprint density at radius 3 is 2.26 bits per heavy atom. The van der Waals surface area contributed by atoms with E-state index in [1.165, 1.54) is 7.11 Å². The number of likely N-dealkylation sites (tertiary alicyclic amines) is 1. The Morgan fingerprint density at radius 1 is 1.11 bits per heavy atom.